The molecule has 0 N–H and O–H groups in total. The molecule has 2 saturated heterocycles. The molecule has 0 saturated carbocycles. The van der Waals surface area contributed by atoms with Crippen molar-refractivity contribution in [1.29, 1.82) is 0 Å². The van der Waals surface area contributed by atoms with Crippen LogP contribution in [0.5, 0.6) is 11.5 Å². The highest BCUT2D eigenvalue weighted by Gasteiger charge is 2.37. The highest BCUT2D eigenvalue weighted by atomic mass is 16.5. The van der Waals surface area contributed by atoms with Crippen molar-refractivity contribution < 1.29 is 33.4 Å². The molecule has 9 nitrogen and oxygen atoms in total. The number of rotatable bonds is 8. The largest absolute Gasteiger partial charge is 0.457 e. The average molecular weight is 533 g/mol. The maximum atomic E-state index is 13.1. The maximum absolute atomic E-state index is 13.1. The second-order valence-electron chi connectivity index (χ2n) is 10.7. The zero-order valence-corrected chi connectivity index (χ0v) is 21.9. The Balaban J connectivity index is 1.12. The zero-order valence-electron chi connectivity index (χ0n) is 21.9. The van der Waals surface area contributed by atoms with Crippen LogP contribution in [0.3, 0.4) is 0 Å². The Kier molecular flexibility index (Phi) is 7.18. The van der Waals surface area contributed by atoms with Crippen molar-refractivity contribution in [2.45, 2.75) is 38.5 Å². The summed E-state index contributed by atoms with van der Waals surface area (Å²) in [6.45, 7) is 3.68. The molecule has 2 aromatic rings. The molecule has 2 fully saturated rings. The van der Waals surface area contributed by atoms with Gasteiger partial charge in [0.05, 0.1) is 22.3 Å². The second-order valence-corrected chi connectivity index (χ2v) is 10.7. The molecule has 4 heterocycles. The Morgan fingerprint density at radius 1 is 0.590 bits per heavy atom. The Labute approximate surface area is 227 Å². The minimum Gasteiger partial charge on any atom is -0.457 e. The molecule has 4 aliphatic rings. The summed E-state index contributed by atoms with van der Waals surface area (Å²) in [6, 6.07) is 9.66. The van der Waals surface area contributed by atoms with Gasteiger partial charge in [-0.2, -0.15) is 0 Å². The van der Waals surface area contributed by atoms with Gasteiger partial charge in [-0.1, -0.05) is 0 Å². The SMILES string of the molecule is O=C1c2ccc(Oc3ccc4c(c3)C(=O)N(CCC3CCOCC3)C4=O)cc2C(=O)N1CCC1CCOCC1. The number of carbonyl (C=O) groups is 4. The molecule has 0 aromatic heterocycles. The predicted octanol–water partition coefficient (Wildman–Crippen LogP) is 4.30. The van der Waals surface area contributed by atoms with Crippen molar-refractivity contribution in [3.8, 4) is 11.5 Å². The Hall–Kier alpha value is -3.56. The van der Waals surface area contributed by atoms with Gasteiger partial charge in [0, 0.05) is 39.5 Å². The zero-order chi connectivity index (χ0) is 26.9. The standard InChI is InChI=1S/C30H32N2O7/c33-27-23-3-1-21(17-25(23)29(35)31(27)11-5-19-7-13-37-14-8-19)39-22-2-4-24-26(18-22)30(36)32(28(24)34)12-6-20-9-15-38-16-10-20/h1-4,17-20H,5-16H2. The van der Waals surface area contributed by atoms with Crippen molar-refractivity contribution in [3.05, 3.63) is 58.7 Å². The normalized spacial score (nSPS) is 20.1. The lowest BCUT2D eigenvalue weighted by atomic mass is 9.96. The molecule has 0 aliphatic carbocycles. The number of carbonyl (C=O) groups excluding carboxylic acids is 4. The number of nitrogens with zero attached hydrogens (tertiary/aromatic N) is 2. The van der Waals surface area contributed by atoms with Gasteiger partial charge in [-0.3, -0.25) is 29.0 Å². The van der Waals surface area contributed by atoms with Gasteiger partial charge in [0.15, 0.2) is 0 Å². The highest BCUT2D eigenvalue weighted by Crippen LogP contribution is 2.33. The van der Waals surface area contributed by atoms with E-state index in [1.807, 2.05) is 0 Å². The van der Waals surface area contributed by atoms with E-state index in [2.05, 4.69) is 0 Å². The number of hydrogen-bond acceptors (Lipinski definition) is 7. The number of imide groups is 2. The topological polar surface area (TPSA) is 102 Å². The molecule has 4 aliphatic heterocycles. The molecule has 204 valence electrons. The number of hydrogen-bond donors (Lipinski definition) is 0. The van der Waals surface area contributed by atoms with Crippen molar-refractivity contribution in [2.75, 3.05) is 39.5 Å². The molecule has 0 bridgehead atoms. The lowest BCUT2D eigenvalue weighted by molar-refractivity contribution is 0.0525. The molecule has 9 heteroatoms. The minimum absolute atomic E-state index is 0.281. The third-order valence-electron chi connectivity index (χ3n) is 8.32. The molecule has 0 unspecified atom stereocenters. The number of ether oxygens (including phenoxy) is 3. The van der Waals surface area contributed by atoms with Crippen molar-refractivity contribution in [2.24, 2.45) is 11.8 Å². The van der Waals surface area contributed by atoms with Crippen LogP contribution in [0.25, 0.3) is 0 Å². The lowest BCUT2D eigenvalue weighted by Gasteiger charge is -2.23. The maximum Gasteiger partial charge on any atom is 0.261 e. The summed E-state index contributed by atoms with van der Waals surface area (Å²) >= 11 is 0. The second kappa shape index (κ2) is 10.9. The summed E-state index contributed by atoms with van der Waals surface area (Å²) in [4.78, 5) is 54.5. The van der Waals surface area contributed by atoms with Gasteiger partial charge in [-0.25, -0.2) is 0 Å². The first-order chi connectivity index (χ1) is 19.0. The smallest absolute Gasteiger partial charge is 0.261 e. The van der Waals surface area contributed by atoms with Crippen LogP contribution in [-0.2, 0) is 9.47 Å². The van der Waals surface area contributed by atoms with Gasteiger partial charge in [0.25, 0.3) is 23.6 Å². The summed E-state index contributed by atoms with van der Waals surface area (Å²) < 4.78 is 16.8. The number of amides is 4. The first-order valence-corrected chi connectivity index (χ1v) is 13.8. The van der Waals surface area contributed by atoms with E-state index in [4.69, 9.17) is 14.2 Å². The van der Waals surface area contributed by atoms with Gasteiger partial charge in [-0.15, -0.1) is 0 Å². The third kappa shape index (κ3) is 5.08. The highest BCUT2D eigenvalue weighted by molar-refractivity contribution is 6.22. The quantitative estimate of drug-likeness (QED) is 0.467. The van der Waals surface area contributed by atoms with Crippen LogP contribution in [-0.4, -0.2) is 72.9 Å². The van der Waals surface area contributed by atoms with Gasteiger partial charge in [-0.05, 0) is 86.8 Å². The van der Waals surface area contributed by atoms with Crippen LogP contribution in [0.4, 0.5) is 0 Å². The van der Waals surface area contributed by atoms with Crippen LogP contribution < -0.4 is 4.74 Å². The summed E-state index contributed by atoms with van der Waals surface area (Å²) in [6.07, 6.45) is 5.33. The molecule has 39 heavy (non-hydrogen) atoms. The van der Waals surface area contributed by atoms with Crippen molar-refractivity contribution in [1.82, 2.24) is 9.80 Å². The van der Waals surface area contributed by atoms with Gasteiger partial charge in [0.2, 0.25) is 0 Å². The first kappa shape index (κ1) is 25.7. The van der Waals surface area contributed by atoms with E-state index < -0.39 is 0 Å². The molecule has 6 rings (SSSR count). The Morgan fingerprint density at radius 2 is 0.974 bits per heavy atom. The fourth-order valence-corrected chi connectivity index (χ4v) is 5.90. The molecular formula is C30H32N2O7. The van der Waals surface area contributed by atoms with E-state index in [0.29, 0.717) is 58.7 Å². The molecule has 4 amide bonds. The van der Waals surface area contributed by atoms with E-state index in [1.54, 1.807) is 36.4 Å². The Morgan fingerprint density at radius 3 is 1.38 bits per heavy atom. The summed E-state index contributed by atoms with van der Waals surface area (Å²) in [5, 5.41) is 0. The van der Waals surface area contributed by atoms with Crippen LogP contribution in [0.2, 0.25) is 0 Å². The fourth-order valence-electron chi connectivity index (χ4n) is 5.90. The monoisotopic (exact) mass is 532 g/mol. The Bertz CT molecular complexity index is 1210. The minimum atomic E-state index is -0.317. The van der Waals surface area contributed by atoms with Crippen LogP contribution in [0.15, 0.2) is 36.4 Å². The molecule has 2 aromatic carbocycles. The first-order valence-electron chi connectivity index (χ1n) is 13.8. The third-order valence-corrected chi connectivity index (χ3v) is 8.32. The van der Waals surface area contributed by atoms with Gasteiger partial charge in [0.1, 0.15) is 11.5 Å². The number of benzene rings is 2. The van der Waals surface area contributed by atoms with E-state index in [0.717, 1.165) is 65.0 Å². The molecule has 0 spiro atoms. The van der Waals surface area contributed by atoms with E-state index in [1.165, 1.54) is 9.80 Å². The summed E-state index contributed by atoms with van der Waals surface area (Å²) in [5.74, 6) is 0.476. The summed E-state index contributed by atoms with van der Waals surface area (Å²) in [5.41, 5.74) is 1.37. The fraction of sp³-hybridized carbons (Fsp3) is 0.467. The van der Waals surface area contributed by atoms with Gasteiger partial charge >= 0.3 is 0 Å². The van der Waals surface area contributed by atoms with E-state index in [9.17, 15) is 19.2 Å². The van der Waals surface area contributed by atoms with Crippen molar-refractivity contribution >= 4 is 23.6 Å². The van der Waals surface area contributed by atoms with Gasteiger partial charge < -0.3 is 14.2 Å². The van der Waals surface area contributed by atoms with E-state index >= 15 is 0 Å². The average Bonchev–Trinajstić information content (AvgIpc) is 3.35. The van der Waals surface area contributed by atoms with E-state index in [-0.39, 0.29) is 23.6 Å². The van der Waals surface area contributed by atoms with Crippen LogP contribution >= 0.6 is 0 Å². The predicted molar refractivity (Wildman–Crippen MR) is 140 cm³/mol. The number of fused-ring (bicyclic) bond motifs is 2. The molecule has 0 radical (unpaired) electrons. The molecular weight excluding hydrogens is 500 g/mol. The van der Waals surface area contributed by atoms with Crippen molar-refractivity contribution in [3.63, 3.8) is 0 Å². The summed E-state index contributed by atoms with van der Waals surface area (Å²) in [7, 11) is 0. The van der Waals surface area contributed by atoms with Crippen LogP contribution in [0.1, 0.15) is 80.0 Å². The molecule has 0 atom stereocenters. The van der Waals surface area contributed by atoms with Crippen LogP contribution in [0, 0.1) is 11.8 Å². The lowest BCUT2D eigenvalue weighted by Crippen LogP contribution is -2.32.